The lowest BCUT2D eigenvalue weighted by atomic mass is 9.90. The van der Waals surface area contributed by atoms with Gasteiger partial charge < -0.3 is 20.2 Å². The van der Waals surface area contributed by atoms with Gasteiger partial charge in [0.25, 0.3) is 5.91 Å². The molecule has 1 aliphatic rings. The summed E-state index contributed by atoms with van der Waals surface area (Å²) < 4.78 is 41.2. The second kappa shape index (κ2) is 11.7. The summed E-state index contributed by atoms with van der Waals surface area (Å²) in [7, 11) is 3.69. The number of hydrogen-bond acceptors (Lipinski definition) is 5. The molecule has 3 amide bonds. The van der Waals surface area contributed by atoms with Gasteiger partial charge in [-0.25, -0.2) is 4.79 Å². The zero-order chi connectivity index (χ0) is 28.2. The molecule has 0 aliphatic carbocycles. The maximum atomic E-state index is 13.7. The number of piperidine rings is 1. The Morgan fingerprint density at radius 3 is 2.18 bits per heavy atom. The Kier molecular flexibility index (Phi) is 8.90. The van der Waals surface area contributed by atoms with Crippen LogP contribution in [-0.2, 0) is 4.79 Å². The summed E-state index contributed by atoms with van der Waals surface area (Å²) >= 11 is 0. The van der Waals surface area contributed by atoms with Crippen LogP contribution >= 0.6 is 0 Å². The van der Waals surface area contributed by atoms with E-state index in [1.165, 1.54) is 12.1 Å². The minimum absolute atomic E-state index is 0.0664. The van der Waals surface area contributed by atoms with E-state index in [2.05, 4.69) is 24.5 Å². The van der Waals surface area contributed by atoms with Crippen LogP contribution in [0.25, 0.3) is 0 Å². The lowest BCUT2D eigenvalue weighted by molar-refractivity contribution is -0.163. The van der Waals surface area contributed by atoms with E-state index < -0.39 is 36.4 Å². The van der Waals surface area contributed by atoms with Crippen molar-refractivity contribution in [2.75, 3.05) is 42.3 Å². The molecule has 8 nitrogen and oxygen atoms in total. The number of nitrogens with one attached hydrogen (secondary N) is 2. The number of hydrogen-bond donors (Lipinski definition) is 3. The predicted octanol–water partition coefficient (Wildman–Crippen LogP) is 5.32. The van der Waals surface area contributed by atoms with Gasteiger partial charge in [-0.1, -0.05) is 19.9 Å². The fourth-order valence-corrected chi connectivity index (χ4v) is 4.84. The highest BCUT2D eigenvalue weighted by molar-refractivity contribution is 6.08. The molecule has 1 fully saturated rings. The molecule has 1 heterocycles. The van der Waals surface area contributed by atoms with Crippen molar-refractivity contribution in [3.63, 3.8) is 0 Å². The number of benzene rings is 2. The highest BCUT2D eigenvalue weighted by Gasteiger charge is 2.42. The average Bonchev–Trinajstić information content (AvgIpc) is 2.81. The van der Waals surface area contributed by atoms with Crippen molar-refractivity contribution in [3.8, 4) is 0 Å². The summed E-state index contributed by atoms with van der Waals surface area (Å²) in [5.41, 5.74) is 1.37. The Balaban J connectivity index is 1.91. The molecule has 3 N–H and O–H groups in total. The Bertz CT molecular complexity index is 1160. The highest BCUT2D eigenvalue weighted by atomic mass is 19.4. The van der Waals surface area contributed by atoms with Crippen molar-refractivity contribution in [3.05, 3.63) is 53.6 Å². The van der Waals surface area contributed by atoms with Gasteiger partial charge in [0.1, 0.15) is 0 Å². The second-order valence-electron chi connectivity index (χ2n) is 10.2. The van der Waals surface area contributed by atoms with E-state index in [0.717, 1.165) is 18.2 Å². The lowest BCUT2D eigenvalue weighted by Gasteiger charge is -2.37. The Morgan fingerprint density at radius 2 is 1.66 bits per heavy atom. The minimum Gasteiger partial charge on any atom is -0.481 e. The van der Waals surface area contributed by atoms with E-state index in [0.29, 0.717) is 30.6 Å². The molecule has 2 aromatic rings. The monoisotopic (exact) mass is 534 g/mol. The first-order valence-corrected chi connectivity index (χ1v) is 12.3. The number of aliphatic carboxylic acids is 1. The zero-order valence-corrected chi connectivity index (χ0v) is 21.8. The van der Waals surface area contributed by atoms with Crippen LogP contribution in [0.2, 0.25) is 0 Å². The van der Waals surface area contributed by atoms with Gasteiger partial charge in [-0.05, 0) is 60.2 Å². The molecule has 3 unspecified atom stereocenters. The van der Waals surface area contributed by atoms with Gasteiger partial charge in [-0.3, -0.25) is 14.9 Å². The van der Waals surface area contributed by atoms with Crippen LogP contribution in [0, 0.1) is 11.8 Å². The van der Waals surface area contributed by atoms with Gasteiger partial charge in [0, 0.05) is 38.4 Å². The molecule has 206 valence electrons. The van der Waals surface area contributed by atoms with Crippen LogP contribution in [0.4, 0.5) is 35.0 Å². The molecule has 1 aliphatic heterocycles. The number of amides is 3. The molecule has 3 atom stereocenters. The van der Waals surface area contributed by atoms with Gasteiger partial charge in [-0.2, -0.15) is 13.2 Å². The standard InChI is InChI=1S/C27H33F3N4O4/c1-16-11-17(2)15-34(14-16)23-10-7-19(21(13-24(35)36)27(28,29)30)12-22(23)31-26(38)32-25(37)18-5-8-20(9-6-18)33(3)4/h5-10,12,16-17,21H,11,13-15H2,1-4H3,(H,35,36)(H2,31,32,37,38). The molecule has 1 saturated heterocycles. The third-order valence-electron chi connectivity index (χ3n) is 6.53. The predicted molar refractivity (Wildman–Crippen MR) is 140 cm³/mol. The molecule has 0 spiro atoms. The summed E-state index contributed by atoms with van der Waals surface area (Å²) in [5, 5.41) is 13.8. The number of carbonyl (C=O) groups is 3. The summed E-state index contributed by atoms with van der Waals surface area (Å²) in [6.07, 6.45) is -4.95. The van der Waals surface area contributed by atoms with E-state index in [-0.39, 0.29) is 16.8 Å². The second-order valence-corrected chi connectivity index (χ2v) is 10.2. The first-order chi connectivity index (χ1) is 17.7. The van der Waals surface area contributed by atoms with E-state index in [4.69, 9.17) is 5.11 Å². The fourth-order valence-electron chi connectivity index (χ4n) is 4.84. The molecule has 0 radical (unpaired) electrons. The number of halogens is 3. The van der Waals surface area contributed by atoms with E-state index >= 15 is 0 Å². The lowest BCUT2D eigenvalue weighted by Crippen LogP contribution is -2.40. The number of alkyl halides is 3. The molecule has 0 aromatic heterocycles. The highest BCUT2D eigenvalue weighted by Crippen LogP contribution is 2.41. The third-order valence-corrected chi connectivity index (χ3v) is 6.53. The quantitative estimate of drug-likeness (QED) is 0.445. The number of carboxylic acids is 1. The molecule has 11 heteroatoms. The van der Waals surface area contributed by atoms with Crippen molar-refractivity contribution in [1.29, 1.82) is 0 Å². The SMILES string of the molecule is CC1CC(C)CN(c2ccc(C(CC(=O)O)C(F)(F)F)cc2NC(=O)NC(=O)c2ccc(N(C)C)cc2)C1. The average molecular weight is 535 g/mol. The van der Waals surface area contributed by atoms with Gasteiger partial charge in [-0.15, -0.1) is 0 Å². The summed E-state index contributed by atoms with van der Waals surface area (Å²) in [5.74, 6) is -3.88. The number of anilines is 3. The Morgan fingerprint density at radius 1 is 1.05 bits per heavy atom. The van der Waals surface area contributed by atoms with Gasteiger partial charge in [0.05, 0.1) is 23.7 Å². The van der Waals surface area contributed by atoms with Crippen molar-refractivity contribution in [2.24, 2.45) is 11.8 Å². The molecule has 2 aromatic carbocycles. The smallest absolute Gasteiger partial charge is 0.396 e. The minimum atomic E-state index is -4.80. The number of nitrogens with zero attached hydrogens (tertiary/aromatic N) is 2. The van der Waals surface area contributed by atoms with E-state index in [1.54, 1.807) is 24.3 Å². The number of urea groups is 1. The molecule has 3 rings (SSSR count). The van der Waals surface area contributed by atoms with Crippen molar-refractivity contribution < 1.29 is 32.7 Å². The van der Waals surface area contributed by atoms with Gasteiger partial charge in [0.2, 0.25) is 0 Å². The molecule has 0 saturated carbocycles. The van der Waals surface area contributed by atoms with Crippen LogP contribution in [-0.4, -0.2) is 56.4 Å². The van der Waals surface area contributed by atoms with E-state index in [1.807, 2.05) is 23.9 Å². The Labute approximate surface area is 219 Å². The third kappa shape index (κ3) is 7.39. The van der Waals surface area contributed by atoms with Crippen LogP contribution in [0.3, 0.4) is 0 Å². The summed E-state index contributed by atoms with van der Waals surface area (Å²) in [6.45, 7) is 5.41. The van der Waals surface area contributed by atoms with Crippen LogP contribution in [0.15, 0.2) is 42.5 Å². The topological polar surface area (TPSA) is 102 Å². The number of rotatable bonds is 7. The van der Waals surface area contributed by atoms with Crippen LogP contribution in [0.1, 0.15) is 48.5 Å². The van der Waals surface area contributed by atoms with Crippen molar-refractivity contribution in [1.82, 2.24) is 5.32 Å². The number of imide groups is 1. The molecular formula is C27H33F3N4O4. The van der Waals surface area contributed by atoms with Crippen molar-refractivity contribution >= 4 is 35.0 Å². The van der Waals surface area contributed by atoms with E-state index in [9.17, 15) is 27.6 Å². The largest absolute Gasteiger partial charge is 0.481 e. The normalized spacial score (nSPS) is 18.4. The number of carbonyl (C=O) groups excluding carboxylic acids is 2. The van der Waals surface area contributed by atoms with Crippen LogP contribution in [0.5, 0.6) is 0 Å². The first kappa shape index (κ1) is 28.8. The van der Waals surface area contributed by atoms with Gasteiger partial charge >= 0.3 is 18.2 Å². The molecule has 38 heavy (non-hydrogen) atoms. The molecular weight excluding hydrogens is 501 g/mol. The molecule has 0 bridgehead atoms. The first-order valence-electron chi connectivity index (χ1n) is 12.3. The summed E-state index contributed by atoms with van der Waals surface area (Å²) in [4.78, 5) is 40.4. The summed E-state index contributed by atoms with van der Waals surface area (Å²) in [6, 6.07) is 9.50. The maximum absolute atomic E-state index is 13.7. The van der Waals surface area contributed by atoms with Crippen LogP contribution < -0.4 is 20.4 Å². The number of carboxylic acid groups (broad SMARTS) is 1. The maximum Gasteiger partial charge on any atom is 0.396 e. The Hall–Kier alpha value is -3.76. The zero-order valence-electron chi connectivity index (χ0n) is 21.8. The van der Waals surface area contributed by atoms with Crippen molar-refractivity contribution in [2.45, 2.75) is 38.8 Å². The van der Waals surface area contributed by atoms with Gasteiger partial charge in [0.15, 0.2) is 0 Å². The fraction of sp³-hybridized carbons (Fsp3) is 0.444.